The minimum absolute atomic E-state index is 0.0588. The van der Waals surface area contributed by atoms with Crippen LogP contribution >= 0.6 is 11.8 Å². The summed E-state index contributed by atoms with van der Waals surface area (Å²) in [6, 6.07) is 0. The molecule has 1 fully saturated rings. The van der Waals surface area contributed by atoms with Crippen LogP contribution in [0.15, 0.2) is 0 Å². The lowest BCUT2D eigenvalue weighted by atomic mass is 9.97. The molecule has 0 aromatic heterocycles. The Balaban J connectivity index is 2.61. The fourth-order valence-electron chi connectivity index (χ4n) is 1.61. The molecule has 0 aliphatic carbocycles. The molecule has 0 spiro atoms. The molecule has 0 aromatic rings. The Morgan fingerprint density at radius 2 is 1.62 bits per heavy atom. The van der Waals surface area contributed by atoms with Gasteiger partial charge in [-0.1, -0.05) is 0 Å². The number of rotatable bonds is 3. The van der Waals surface area contributed by atoms with Gasteiger partial charge in [-0.2, -0.15) is 0 Å². The highest BCUT2D eigenvalue weighted by atomic mass is 32.2. The highest BCUT2D eigenvalue weighted by molar-refractivity contribution is 8.00. The third-order valence-corrected chi connectivity index (χ3v) is 4.38. The molecule has 0 aromatic carbocycles. The second kappa shape index (κ2) is 6.55. The molecule has 122 valence electrons. The van der Waals surface area contributed by atoms with E-state index in [9.17, 15) is 14.0 Å². The summed E-state index contributed by atoms with van der Waals surface area (Å²) in [5.41, 5.74) is -1.28. The van der Waals surface area contributed by atoms with Crippen molar-refractivity contribution in [1.82, 2.24) is 0 Å². The SMILES string of the molecule is CC(C)(C)C(=O)OC[C@H]1SC[C@@H](F)[C@@H]1OC(=O)C(C)(C)C. The second-order valence-corrected chi connectivity index (χ2v) is 8.63. The first-order valence-electron chi connectivity index (χ1n) is 7.07. The highest BCUT2D eigenvalue weighted by Gasteiger charge is 2.42. The van der Waals surface area contributed by atoms with E-state index >= 15 is 0 Å². The van der Waals surface area contributed by atoms with Crippen LogP contribution < -0.4 is 0 Å². The number of halogens is 1. The van der Waals surface area contributed by atoms with Crippen LogP contribution in [0.3, 0.4) is 0 Å². The van der Waals surface area contributed by atoms with Crippen molar-refractivity contribution in [2.75, 3.05) is 12.4 Å². The van der Waals surface area contributed by atoms with Gasteiger partial charge in [-0.05, 0) is 41.5 Å². The topological polar surface area (TPSA) is 52.6 Å². The van der Waals surface area contributed by atoms with Gasteiger partial charge < -0.3 is 9.47 Å². The third-order valence-electron chi connectivity index (χ3n) is 3.04. The normalized spacial score (nSPS) is 26.5. The molecule has 0 saturated carbocycles. The maximum atomic E-state index is 13.9. The number of carbonyl (C=O) groups is 2. The summed E-state index contributed by atoms with van der Waals surface area (Å²) >= 11 is 1.33. The number of carbonyl (C=O) groups excluding carboxylic acids is 2. The summed E-state index contributed by atoms with van der Waals surface area (Å²) in [4.78, 5) is 23.7. The lowest BCUT2D eigenvalue weighted by Crippen LogP contribution is -2.39. The molecule has 0 bridgehead atoms. The molecule has 1 rings (SSSR count). The summed E-state index contributed by atoms with van der Waals surface area (Å²) < 4.78 is 24.4. The zero-order chi connectivity index (χ0) is 16.4. The molecule has 0 radical (unpaired) electrons. The van der Waals surface area contributed by atoms with Crippen LogP contribution in [-0.4, -0.2) is 41.8 Å². The number of hydrogen-bond donors (Lipinski definition) is 0. The Hall–Kier alpha value is -0.780. The van der Waals surface area contributed by atoms with Crippen molar-refractivity contribution in [3.8, 4) is 0 Å². The maximum absolute atomic E-state index is 13.9. The highest BCUT2D eigenvalue weighted by Crippen LogP contribution is 2.34. The zero-order valence-electron chi connectivity index (χ0n) is 13.6. The van der Waals surface area contributed by atoms with E-state index in [0.29, 0.717) is 0 Å². The average molecular weight is 320 g/mol. The first-order valence-corrected chi connectivity index (χ1v) is 8.12. The summed E-state index contributed by atoms with van der Waals surface area (Å²) in [5.74, 6) is -0.532. The molecule has 1 saturated heterocycles. The van der Waals surface area contributed by atoms with Gasteiger partial charge in [-0.25, -0.2) is 4.39 Å². The fraction of sp³-hybridized carbons (Fsp3) is 0.867. The minimum Gasteiger partial charge on any atom is -0.464 e. The summed E-state index contributed by atoms with van der Waals surface area (Å²) in [6.07, 6.45) is -2.07. The van der Waals surface area contributed by atoms with Gasteiger partial charge in [0.05, 0.1) is 16.1 Å². The Bertz CT molecular complexity index is 397. The number of alkyl halides is 1. The van der Waals surface area contributed by atoms with Gasteiger partial charge >= 0.3 is 11.9 Å². The number of hydrogen-bond acceptors (Lipinski definition) is 5. The van der Waals surface area contributed by atoms with Crippen LogP contribution in [0, 0.1) is 10.8 Å². The number of ether oxygens (including phenoxy) is 2. The van der Waals surface area contributed by atoms with Gasteiger partial charge in [0.2, 0.25) is 0 Å². The standard InChI is InChI=1S/C15H25FO4S/c1-14(2,3)12(17)19-7-10-11(9(16)8-21-10)20-13(18)15(4,5)6/h9-11H,7-8H2,1-6H3/t9-,10-,11+/m1/s1. The van der Waals surface area contributed by atoms with E-state index in [1.807, 2.05) is 0 Å². The monoisotopic (exact) mass is 320 g/mol. The van der Waals surface area contributed by atoms with Crippen molar-refractivity contribution in [3.05, 3.63) is 0 Å². The van der Waals surface area contributed by atoms with Gasteiger partial charge in [-0.3, -0.25) is 9.59 Å². The molecular weight excluding hydrogens is 295 g/mol. The van der Waals surface area contributed by atoms with E-state index < -0.39 is 29.1 Å². The molecular formula is C15H25FO4S. The fourth-order valence-corrected chi connectivity index (χ4v) is 2.81. The molecule has 0 unspecified atom stereocenters. The van der Waals surface area contributed by atoms with Gasteiger partial charge in [-0.15, -0.1) is 11.8 Å². The van der Waals surface area contributed by atoms with Crippen LogP contribution in [0.25, 0.3) is 0 Å². The van der Waals surface area contributed by atoms with Crippen LogP contribution in [0.5, 0.6) is 0 Å². The molecule has 3 atom stereocenters. The predicted molar refractivity (Wildman–Crippen MR) is 80.9 cm³/mol. The number of thioether (sulfide) groups is 1. The van der Waals surface area contributed by atoms with Crippen LogP contribution in [-0.2, 0) is 19.1 Å². The van der Waals surface area contributed by atoms with Gasteiger partial charge in [0.25, 0.3) is 0 Å². The van der Waals surface area contributed by atoms with Crippen molar-refractivity contribution in [1.29, 1.82) is 0 Å². The molecule has 21 heavy (non-hydrogen) atoms. The summed E-state index contributed by atoms with van der Waals surface area (Å²) in [5, 5.41) is -0.349. The van der Waals surface area contributed by atoms with E-state index in [4.69, 9.17) is 9.47 Å². The van der Waals surface area contributed by atoms with Crippen molar-refractivity contribution in [2.45, 2.75) is 59.1 Å². The second-order valence-electron chi connectivity index (χ2n) is 7.36. The molecule has 1 aliphatic heterocycles. The summed E-state index contributed by atoms with van der Waals surface area (Å²) in [6.45, 7) is 10.5. The first-order chi connectivity index (χ1) is 9.43. The third kappa shape index (κ3) is 5.16. The number of esters is 2. The minimum atomic E-state index is -1.22. The lowest BCUT2D eigenvalue weighted by molar-refractivity contribution is -0.163. The Morgan fingerprint density at radius 1 is 1.10 bits per heavy atom. The Kier molecular flexibility index (Phi) is 5.69. The smallest absolute Gasteiger partial charge is 0.311 e. The molecule has 6 heteroatoms. The maximum Gasteiger partial charge on any atom is 0.311 e. The molecule has 1 heterocycles. The summed E-state index contributed by atoms with van der Waals surface area (Å²) in [7, 11) is 0. The van der Waals surface area contributed by atoms with Crippen LogP contribution in [0.2, 0.25) is 0 Å². The largest absolute Gasteiger partial charge is 0.464 e. The molecule has 0 amide bonds. The molecule has 4 nitrogen and oxygen atoms in total. The van der Waals surface area contributed by atoms with Crippen molar-refractivity contribution < 1.29 is 23.5 Å². The van der Waals surface area contributed by atoms with E-state index in [-0.39, 0.29) is 23.6 Å². The van der Waals surface area contributed by atoms with E-state index in [1.54, 1.807) is 41.5 Å². The van der Waals surface area contributed by atoms with Crippen LogP contribution in [0.1, 0.15) is 41.5 Å². The van der Waals surface area contributed by atoms with Crippen LogP contribution in [0.4, 0.5) is 4.39 Å². The Morgan fingerprint density at radius 3 is 2.10 bits per heavy atom. The van der Waals surface area contributed by atoms with E-state index in [0.717, 1.165) is 0 Å². The average Bonchev–Trinajstić information content (AvgIpc) is 2.65. The van der Waals surface area contributed by atoms with Gasteiger partial charge in [0.1, 0.15) is 18.9 Å². The van der Waals surface area contributed by atoms with E-state index in [1.165, 1.54) is 11.8 Å². The first kappa shape index (κ1) is 18.3. The Labute approximate surface area is 130 Å². The van der Waals surface area contributed by atoms with E-state index in [2.05, 4.69) is 0 Å². The quantitative estimate of drug-likeness (QED) is 0.748. The van der Waals surface area contributed by atoms with Crippen molar-refractivity contribution >= 4 is 23.7 Å². The molecule has 1 aliphatic rings. The zero-order valence-corrected chi connectivity index (χ0v) is 14.4. The van der Waals surface area contributed by atoms with Gasteiger partial charge in [0, 0.05) is 5.75 Å². The predicted octanol–water partition coefficient (Wildman–Crippen LogP) is 2.99. The van der Waals surface area contributed by atoms with Gasteiger partial charge in [0.15, 0.2) is 0 Å². The lowest BCUT2D eigenvalue weighted by Gasteiger charge is -2.26. The molecule has 0 N–H and O–H groups in total. The van der Waals surface area contributed by atoms with Crippen molar-refractivity contribution in [3.63, 3.8) is 0 Å². The van der Waals surface area contributed by atoms with Crippen molar-refractivity contribution in [2.24, 2.45) is 10.8 Å².